The van der Waals surface area contributed by atoms with Crippen molar-refractivity contribution in [1.29, 1.82) is 0 Å². The van der Waals surface area contributed by atoms with E-state index in [9.17, 15) is 0 Å². The van der Waals surface area contributed by atoms with Crippen molar-refractivity contribution in [2.75, 3.05) is 10.6 Å². The summed E-state index contributed by atoms with van der Waals surface area (Å²) in [5, 5.41) is 11.0. The van der Waals surface area contributed by atoms with E-state index in [1.165, 1.54) is 66.2 Å². The lowest BCUT2D eigenvalue weighted by Crippen LogP contribution is -2.51. The summed E-state index contributed by atoms with van der Waals surface area (Å²) in [4.78, 5) is 30.7. The molecule has 3 aromatic carbocycles. The summed E-state index contributed by atoms with van der Waals surface area (Å²) in [6, 6.07) is 55.7. The maximum atomic E-state index is 5.96. The van der Waals surface area contributed by atoms with Crippen LogP contribution in [0.3, 0.4) is 0 Å². The van der Waals surface area contributed by atoms with E-state index in [4.69, 9.17) is 27.3 Å². The van der Waals surface area contributed by atoms with Gasteiger partial charge in [-0.2, -0.15) is 0 Å². The number of nitrogens with zero attached hydrogens (tertiary/aromatic N) is 8. The molecule has 0 amide bonds. The maximum Gasteiger partial charge on any atom is 0.171 e. The molecule has 0 unspecified atom stereocenters. The first-order valence-corrected chi connectivity index (χ1v) is 37.8. The van der Waals surface area contributed by atoms with Crippen LogP contribution in [0.1, 0.15) is 133 Å². The predicted octanol–water partition coefficient (Wildman–Crippen LogP) is 19.7. The third-order valence-electron chi connectivity index (χ3n) is 18.5. The first-order valence-electron chi connectivity index (χ1n) is 33.0. The minimum absolute atomic E-state index is 0.536. The maximum absolute atomic E-state index is 5.96. The van der Waals surface area contributed by atoms with Gasteiger partial charge in [-0.25, -0.2) is 29.9 Å². The van der Waals surface area contributed by atoms with E-state index in [2.05, 4.69) is 224 Å². The summed E-state index contributed by atoms with van der Waals surface area (Å²) in [5.74, 6) is 1.80. The number of halogens is 1. The molecule has 0 aliphatic rings. The summed E-state index contributed by atoms with van der Waals surface area (Å²) in [6.07, 6.45) is 20.9. The number of hydrogen-bond acceptors (Lipinski definition) is 9. The molecule has 0 aliphatic heterocycles. The van der Waals surface area contributed by atoms with Crippen LogP contribution in [0.15, 0.2) is 220 Å². The number of hydrogen-bond donors (Lipinski definition) is 4. The average Bonchev–Trinajstić information content (AvgIpc) is 1.65. The van der Waals surface area contributed by atoms with Crippen molar-refractivity contribution >= 4 is 72.8 Å². The molecule has 9 aromatic heterocycles. The summed E-state index contributed by atoms with van der Waals surface area (Å²) in [5.41, 5.74) is 23.5. The number of anilines is 2. The van der Waals surface area contributed by atoms with Gasteiger partial charge in [0.1, 0.15) is 33.7 Å². The molecule has 0 atom stereocenters. The van der Waals surface area contributed by atoms with Gasteiger partial charge in [-0.3, -0.25) is 0 Å². The fourth-order valence-electron chi connectivity index (χ4n) is 14.6. The Hall–Kier alpha value is -8.54. The predicted molar refractivity (Wildman–Crippen MR) is 396 cm³/mol. The van der Waals surface area contributed by atoms with Gasteiger partial charge in [-0.05, 0) is 138 Å². The standard InChI is InChI=1S/C29H38N4Si.C22H30ClN3Si.C20H18N4.C7H9N/c1-21(2)34(22(3)4,23(5)6)33-20-26(27-13-10-16-30-29(27)33)17-25-14-15-28(32-19-25)31-18-24-11-8-7-9-12-24;1-15(2)27(16(3)4,17(5)6)26-14-19(20-8-7-11-24-22(20)26)12-18-9-10-21(23)25-13-18;1-2-5-15(6-3-1)12-22-19-9-8-16(13-23-19)11-17-14-24-20-18(17)7-4-10-21-20;8-6-7-4-2-1-3-5-7/h7-16,19-23H,17-18H2,1-6H3,(H,31,32);7-11,13-17H,12H2,1-6H3;1-10,13-14H,11-12H2,(H,21,24)(H,22,23);1-5H,6,8H2. The van der Waals surface area contributed by atoms with Crippen LogP contribution in [-0.2, 0) is 38.9 Å². The highest BCUT2D eigenvalue weighted by Gasteiger charge is 2.47. The molecule has 93 heavy (non-hydrogen) atoms. The molecule has 0 bridgehead atoms. The Labute approximate surface area is 559 Å². The Balaban J connectivity index is 0.000000157. The Morgan fingerprint density at radius 3 is 1.14 bits per heavy atom. The zero-order valence-electron chi connectivity index (χ0n) is 56.5. The van der Waals surface area contributed by atoms with Crippen LogP contribution >= 0.6 is 11.6 Å². The van der Waals surface area contributed by atoms with Gasteiger partial charge in [0.25, 0.3) is 0 Å². The van der Waals surface area contributed by atoms with Crippen LogP contribution in [0, 0.1) is 0 Å². The Morgan fingerprint density at radius 2 is 0.774 bits per heavy atom. The van der Waals surface area contributed by atoms with Crippen molar-refractivity contribution < 1.29 is 0 Å². The molecule has 0 saturated carbocycles. The second-order valence-electron chi connectivity index (χ2n) is 26.2. The second kappa shape index (κ2) is 32.3. The monoisotopic (exact) mass is 1290 g/mol. The zero-order chi connectivity index (χ0) is 66.1. The Bertz CT molecular complexity index is 4160. The van der Waals surface area contributed by atoms with Gasteiger partial charge in [0.15, 0.2) is 16.5 Å². The Kier molecular flexibility index (Phi) is 23.9. The largest absolute Gasteiger partial charge is 0.366 e. The van der Waals surface area contributed by atoms with E-state index < -0.39 is 16.5 Å². The number of pyridine rings is 6. The third kappa shape index (κ3) is 16.5. The number of nitrogens with two attached hydrogens (primary N) is 1. The van der Waals surface area contributed by atoms with Crippen molar-refractivity contribution in [3.05, 3.63) is 275 Å². The van der Waals surface area contributed by atoms with Crippen LogP contribution in [0.2, 0.25) is 38.4 Å². The summed E-state index contributed by atoms with van der Waals surface area (Å²) in [7, 11) is -3.74. The number of fused-ring (bicyclic) bond motifs is 3. The molecular weight excluding hydrogens is 1200 g/mol. The van der Waals surface area contributed by atoms with E-state index in [-0.39, 0.29) is 0 Å². The number of aromatic amines is 1. The van der Waals surface area contributed by atoms with Gasteiger partial charge in [0.05, 0.1) is 0 Å². The first kappa shape index (κ1) is 68.8. The van der Waals surface area contributed by atoms with Gasteiger partial charge < -0.3 is 29.8 Å². The molecular formula is C78H95ClN12Si2. The van der Waals surface area contributed by atoms with Crippen LogP contribution in [0.5, 0.6) is 0 Å². The minimum Gasteiger partial charge on any atom is -0.366 e. The van der Waals surface area contributed by atoms with Crippen molar-refractivity contribution in [3.63, 3.8) is 0 Å². The number of benzene rings is 3. The topological polar surface area (TPSA) is 153 Å². The van der Waals surface area contributed by atoms with E-state index in [1.54, 1.807) is 6.20 Å². The summed E-state index contributed by atoms with van der Waals surface area (Å²) >= 11 is 5.96. The number of nitrogens with one attached hydrogen (secondary N) is 3. The quantitative estimate of drug-likeness (QED) is 0.0407. The lowest BCUT2D eigenvalue weighted by molar-refractivity contribution is 0.769. The van der Waals surface area contributed by atoms with E-state index in [0.717, 1.165) is 60.9 Å². The minimum atomic E-state index is -1.89. The number of H-pyrrole nitrogens is 1. The zero-order valence-corrected chi connectivity index (χ0v) is 59.3. The SMILES string of the molecule is CC(C)[Si](C(C)C)(C(C)C)n1cc(Cc2ccc(Cl)nc2)c2cccnc21.CC(C)[Si](C(C)C)(C(C)C)n1cc(Cc2ccc(NCc3ccccc3)nc2)c2cccnc21.NCc1ccccc1.c1ccc(CNc2ccc(Cc3c[nH]c4ncccc34)cn2)cc1. The molecule has 12 aromatic rings. The molecule has 0 radical (unpaired) electrons. The molecule has 0 spiro atoms. The highest BCUT2D eigenvalue weighted by molar-refractivity contribution is 6.83. The molecule has 12 nitrogen and oxygen atoms in total. The smallest absolute Gasteiger partial charge is 0.171 e. The average molecular weight is 1290 g/mol. The fourth-order valence-corrected chi connectivity index (χ4v) is 27.9. The van der Waals surface area contributed by atoms with E-state index in [0.29, 0.717) is 44.9 Å². The van der Waals surface area contributed by atoms with Crippen molar-refractivity contribution in [1.82, 2.24) is 43.4 Å². The molecule has 0 aliphatic carbocycles. The van der Waals surface area contributed by atoms with Gasteiger partial charge in [0, 0.05) is 111 Å². The Morgan fingerprint density at radius 1 is 0.398 bits per heavy atom. The molecule has 0 fully saturated rings. The molecule has 12 rings (SSSR count). The van der Waals surface area contributed by atoms with Gasteiger partial charge in [-0.15, -0.1) is 0 Å². The highest BCUT2D eigenvalue weighted by Crippen LogP contribution is 2.46. The first-order chi connectivity index (χ1) is 44.9. The van der Waals surface area contributed by atoms with E-state index in [1.807, 2.05) is 116 Å². The molecule has 15 heteroatoms. The molecule has 482 valence electrons. The van der Waals surface area contributed by atoms with Crippen molar-refractivity contribution in [3.8, 4) is 0 Å². The molecule has 5 N–H and O–H groups in total. The van der Waals surface area contributed by atoms with Gasteiger partial charge in [-0.1, -0.05) is 204 Å². The van der Waals surface area contributed by atoms with Crippen LogP contribution in [0.4, 0.5) is 11.6 Å². The van der Waals surface area contributed by atoms with Crippen molar-refractivity contribution in [2.45, 2.75) is 155 Å². The normalized spacial score (nSPS) is 11.7. The lowest BCUT2D eigenvalue weighted by Gasteiger charge is -2.44. The molecule has 0 saturated heterocycles. The third-order valence-corrected chi connectivity index (χ3v) is 32.2. The van der Waals surface area contributed by atoms with Gasteiger partial charge >= 0.3 is 0 Å². The summed E-state index contributed by atoms with van der Waals surface area (Å²) in [6.45, 7) is 31.0. The summed E-state index contributed by atoms with van der Waals surface area (Å²) < 4.78 is 5.22. The van der Waals surface area contributed by atoms with Crippen LogP contribution in [-0.4, -0.2) is 59.8 Å². The lowest BCUT2D eigenvalue weighted by atomic mass is 10.1. The molecule has 9 heterocycles. The number of rotatable bonds is 21. The second-order valence-corrected chi connectivity index (χ2v) is 38.0. The van der Waals surface area contributed by atoms with Crippen molar-refractivity contribution in [2.24, 2.45) is 5.73 Å². The van der Waals surface area contributed by atoms with E-state index >= 15 is 0 Å². The van der Waals surface area contributed by atoms with Crippen LogP contribution in [0.25, 0.3) is 33.1 Å². The highest BCUT2D eigenvalue weighted by atomic mass is 35.5. The fraction of sp³-hybridized carbons (Fsp3) is 0.308. The van der Waals surface area contributed by atoms with Gasteiger partial charge in [0.2, 0.25) is 0 Å². The number of aromatic nitrogens is 9. The van der Waals surface area contributed by atoms with Crippen LogP contribution < -0.4 is 16.4 Å².